The summed E-state index contributed by atoms with van der Waals surface area (Å²) in [5.41, 5.74) is -0.826. The Bertz CT molecular complexity index is 468. The number of nitrogens with zero attached hydrogens (tertiary/aromatic N) is 2. The second-order valence-electron chi connectivity index (χ2n) is 6.34. The second kappa shape index (κ2) is 5.95. The molecule has 5 nitrogen and oxygen atoms in total. The third kappa shape index (κ3) is 4.14. The van der Waals surface area contributed by atoms with Gasteiger partial charge >= 0.3 is 0 Å². The van der Waals surface area contributed by atoms with Gasteiger partial charge in [-0.1, -0.05) is 20.8 Å². The van der Waals surface area contributed by atoms with E-state index >= 15 is 0 Å². The molecule has 112 valence electrons. The topological polar surface area (TPSA) is 67.3 Å². The van der Waals surface area contributed by atoms with Crippen molar-refractivity contribution < 1.29 is 9.84 Å². The number of hydrogen-bond acceptors (Lipinski definition) is 5. The van der Waals surface area contributed by atoms with Crippen LogP contribution >= 0.6 is 15.9 Å². The van der Waals surface area contributed by atoms with Crippen LogP contribution in [0.3, 0.4) is 0 Å². The number of rotatable bonds is 3. The van der Waals surface area contributed by atoms with Gasteiger partial charge < -0.3 is 15.2 Å². The van der Waals surface area contributed by atoms with Crippen LogP contribution in [0.15, 0.2) is 10.7 Å². The number of nitrogens with one attached hydrogen (secondary N) is 1. The minimum atomic E-state index is -0.711. The van der Waals surface area contributed by atoms with Gasteiger partial charge in [-0.05, 0) is 15.9 Å². The SMILES string of the molecule is CC(C)(C)c1nc(Br)cc(NCC2(O)CCOCC2)n1. The van der Waals surface area contributed by atoms with Crippen LogP contribution in [0.5, 0.6) is 0 Å². The number of aliphatic hydroxyl groups is 1. The summed E-state index contributed by atoms with van der Waals surface area (Å²) in [5, 5.41) is 13.7. The zero-order chi connectivity index (χ0) is 14.8. The van der Waals surface area contributed by atoms with Crippen molar-refractivity contribution in [1.29, 1.82) is 0 Å². The number of ether oxygens (including phenoxy) is 1. The predicted octanol–water partition coefficient (Wildman–Crippen LogP) is 2.49. The van der Waals surface area contributed by atoms with Crippen LogP contribution in [-0.2, 0) is 10.2 Å². The molecule has 1 aromatic rings. The van der Waals surface area contributed by atoms with Crippen molar-refractivity contribution >= 4 is 21.7 Å². The van der Waals surface area contributed by atoms with Crippen molar-refractivity contribution in [1.82, 2.24) is 9.97 Å². The van der Waals surface area contributed by atoms with E-state index in [1.165, 1.54) is 0 Å². The Morgan fingerprint density at radius 3 is 2.60 bits per heavy atom. The monoisotopic (exact) mass is 343 g/mol. The fraction of sp³-hybridized carbons (Fsp3) is 0.714. The summed E-state index contributed by atoms with van der Waals surface area (Å²) in [6.45, 7) is 7.92. The van der Waals surface area contributed by atoms with Gasteiger partial charge in [0.1, 0.15) is 16.2 Å². The first kappa shape index (κ1) is 15.7. The Morgan fingerprint density at radius 2 is 2.00 bits per heavy atom. The van der Waals surface area contributed by atoms with E-state index in [4.69, 9.17) is 4.74 Å². The fourth-order valence-electron chi connectivity index (χ4n) is 2.03. The van der Waals surface area contributed by atoms with Gasteiger partial charge in [0.25, 0.3) is 0 Å². The molecule has 0 spiro atoms. The molecule has 0 unspecified atom stereocenters. The van der Waals surface area contributed by atoms with Crippen molar-refractivity contribution in [3.63, 3.8) is 0 Å². The van der Waals surface area contributed by atoms with Crippen molar-refractivity contribution in [2.45, 2.75) is 44.6 Å². The van der Waals surface area contributed by atoms with E-state index in [9.17, 15) is 5.11 Å². The van der Waals surface area contributed by atoms with Crippen molar-refractivity contribution in [2.75, 3.05) is 25.1 Å². The molecule has 1 aliphatic heterocycles. The molecule has 1 aliphatic rings. The van der Waals surface area contributed by atoms with Gasteiger partial charge in [-0.2, -0.15) is 0 Å². The maximum Gasteiger partial charge on any atom is 0.137 e. The molecule has 20 heavy (non-hydrogen) atoms. The summed E-state index contributed by atoms with van der Waals surface area (Å²) in [6.07, 6.45) is 1.30. The Labute approximate surface area is 128 Å². The number of anilines is 1. The molecule has 1 aromatic heterocycles. The first-order chi connectivity index (χ1) is 9.28. The highest BCUT2D eigenvalue weighted by Crippen LogP contribution is 2.24. The van der Waals surface area contributed by atoms with Gasteiger partial charge in [0, 0.05) is 44.1 Å². The Kier molecular flexibility index (Phi) is 4.66. The summed E-state index contributed by atoms with van der Waals surface area (Å²) in [7, 11) is 0. The maximum atomic E-state index is 10.4. The van der Waals surface area contributed by atoms with Gasteiger partial charge in [0.05, 0.1) is 5.60 Å². The van der Waals surface area contributed by atoms with Crippen molar-refractivity contribution in [3.8, 4) is 0 Å². The molecule has 2 N–H and O–H groups in total. The number of aromatic nitrogens is 2. The molecule has 1 fully saturated rings. The van der Waals surface area contributed by atoms with Crippen LogP contribution in [0.25, 0.3) is 0 Å². The minimum Gasteiger partial charge on any atom is -0.388 e. The summed E-state index contributed by atoms with van der Waals surface area (Å²) in [4.78, 5) is 8.93. The lowest BCUT2D eigenvalue weighted by molar-refractivity contribution is -0.0543. The lowest BCUT2D eigenvalue weighted by Gasteiger charge is -2.32. The standard InChI is InChI=1S/C14H22BrN3O2/c1-13(2,3)12-17-10(15)8-11(18-12)16-9-14(19)4-6-20-7-5-14/h8,19H,4-7,9H2,1-3H3,(H,16,17,18). The molecule has 0 amide bonds. The molecule has 0 saturated carbocycles. The molecule has 2 heterocycles. The van der Waals surface area contributed by atoms with E-state index < -0.39 is 5.60 Å². The highest BCUT2D eigenvalue weighted by molar-refractivity contribution is 9.10. The molecule has 2 rings (SSSR count). The van der Waals surface area contributed by atoms with Crippen LogP contribution in [-0.4, -0.2) is 40.4 Å². The molecule has 0 bridgehead atoms. The van der Waals surface area contributed by atoms with Crippen LogP contribution in [0, 0.1) is 0 Å². The minimum absolute atomic E-state index is 0.115. The van der Waals surface area contributed by atoms with Crippen LogP contribution in [0.4, 0.5) is 5.82 Å². The molecular formula is C14H22BrN3O2. The molecule has 0 aromatic carbocycles. The zero-order valence-electron chi connectivity index (χ0n) is 12.2. The van der Waals surface area contributed by atoms with E-state index in [0.717, 1.165) is 16.2 Å². The maximum absolute atomic E-state index is 10.4. The van der Waals surface area contributed by atoms with Crippen molar-refractivity contribution in [2.24, 2.45) is 0 Å². The Hall–Kier alpha value is -0.720. The molecule has 1 saturated heterocycles. The van der Waals surface area contributed by atoms with Gasteiger partial charge in [-0.3, -0.25) is 0 Å². The quantitative estimate of drug-likeness (QED) is 0.825. The van der Waals surface area contributed by atoms with E-state index in [-0.39, 0.29) is 5.41 Å². The van der Waals surface area contributed by atoms with Gasteiger partial charge in [-0.25, -0.2) is 9.97 Å². The predicted molar refractivity (Wildman–Crippen MR) is 81.9 cm³/mol. The third-order valence-electron chi connectivity index (χ3n) is 3.39. The molecular weight excluding hydrogens is 322 g/mol. The van der Waals surface area contributed by atoms with E-state index in [0.29, 0.717) is 32.6 Å². The van der Waals surface area contributed by atoms with E-state index in [1.54, 1.807) is 0 Å². The lowest BCUT2D eigenvalue weighted by atomic mass is 9.94. The first-order valence-corrected chi connectivity index (χ1v) is 7.67. The normalized spacial score (nSPS) is 18.9. The molecule has 6 heteroatoms. The summed E-state index contributed by atoms with van der Waals surface area (Å²) in [5.74, 6) is 1.50. The molecule has 0 aliphatic carbocycles. The number of halogens is 1. The van der Waals surface area contributed by atoms with Crippen LogP contribution < -0.4 is 5.32 Å². The van der Waals surface area contributed by atoms with Crippen LogP contribution in [0.2, 0.25) is 0 Å². The largest absolute Gasteiger partial charge is 0.388 e. The Morgan fingerprint density at radius 1 is 1.35 bits per heavy atom. The van der Waals surface area contributed by atoms with Gasteiger partial charge in [0.15, 0.2) is 0 Å². The highest BCUT2D eigenvalue weighted by atomic mass is 79.9. The fourth-order valence-corrected chi connectivity index (χ4v) is 2.41. The highest BCUT2D eigenvalue weighted by Gasteiger charge is 2.29. The van der Waals surface area contributed by atoms with Gasteiger partial charge in [-0.15, -0.1) is 0 Å². The van der Waals surface area contributed by atoms with Crippen LogP contribution in [0.1, 0.15) is 39.4 Å². The number of hydrogen-bond donors (Lipinski definition) is 2. The average Bonchev–Trinajstić information content (AvgIpc) is 2.36. The lowest BCUT2D eigenvalue weighted by Crippen LogP contribution is -2.42. The Balaban J connectivity index is 2.07. The first-order valence-electron chi connectivity index (χ1n) is 6.88. The van der Waals surface area contributed by atoms with Crippen molar-refractivity contribution in [3.05, 3.63) is 16.5 Å². The third-order valence-corrected chi connectivity index (χ3v) is 3.79. The van der Waals surface area contributed by atoms with E-state index in [2.05, 4.69) is 52.0 Å². The average molecular weight is 344 g/mol. The summed E-state index contributed by atoms with van der Waals surface area (Å²) >= 11 is 3.41. The summed E-state index contributed by atoms with van der Waals surface area (Å²) in [6, 6.07) is 1.83. The molecule has 0 atom stereocenters. The van der Waals surface area contributed by atoms with E-state index in [1.807, 2.05) is 6.07 Å². The second-order valence-corrected chi connectivity index (χ2v) is 7.15. The smallest absolute Gasteiger partial charge is 0.137 e. The summed E-state index contributed by atoms with van der Waals surface area (Å²) < 4.78 is 6.03. The molecule has 0 radical (unpaired) electrons. The zero-order valence-corrected chi connectivity index (χ0v) is 13.8. The van der Waals surface area contributed by atoms with Gasteiger partial charge in [0.2, 0.25) is 0 Å².